The van der Waals surface area contributed by atoms with Gasteiger partial charge in [-0.3, -0.25) is 0 Å². The van der Waals surface area contributed by atoms with Gasteiger partial charge in [0.25, 0.3) is 5.01 Å². The molecule has 0 saturated heterocycles. The number of para-hydroxylation sites is 1. The summed E-state index contributed by atoms with van der Waals surface area (Å²) in [6, 6.07) is 8.88. The minimum Gasteiger partial charge on any atom is -0.484 e. The number of allylic oxidation sites excluding steroid dienone is 8. The van der Waals surface area contributed by atoms with Crippen LogP contribution in [0.5, 0.6) is 0 Å². The number of fused-ring (bicyclic) bond motifs is 4. The van der Waals surface area contributed by atoms with Crippen LogP contribution in [0.2, 0.25) is 0 Å². The molecule has 2 heterocycles. The molecule has 2 atom stereocenters. The molecule has 0 N–H and O–H groups in total. The lowest BCUT2D eigenvalue weighted by molar-refractivity contribution is -0.752. The molecule has 1 aliphatic heterocycles. The van der Waals surface area contributed by atoms with Gasteiger partial charge in [-0.05, 0) is 55.9 Å². The number of hydrogen-bond acceptors (Lipinski definition) is 2. The second-order valence-corrected chi connectivity index (χ2v) is 10.2. The summed E-state index contributed by atoms with van der Waals surface area (Å²) in [5, 5.41) is 1.36. The SMILES string of the molecule is CCC1(C)OC2=C(C=C(C3=CC=CCC3)CC2)c2sc3ccccc3[n+]2C1(C)CC. The van der Waals surface area contributed by atoms with Gasteiger partial charge in [-0.25, -0.2) is 0 Å². The molecule has 0 amide bonds. The van der Waals surface area contributed by atoms with Gasteiger partial charge in [-0.15, -0.1) is 0 Å². The third kappa shape index (κ3) is 2.78. The highest BCUT2D eigenvalue weighted by Gasteiger charge is 2.57. The first-order valence-electron chi connectivity index (χ1n) is 11.4. The summed E-state index contributed by atoms with van der Waals surface area (Å²) in [4.78, 5) is 0. The van der Waals surface area contributed by atoms with Crippen molar-refractivity contribution in [1.29, 1.82) is 0 Å². The predicted octanol–water partition coefficient (Wildman–Crippen LogP) is 7.22. The third-order valence-corrected chi connectivity index (χ3v) is 8.92. The van der Waals surface area contributed by atoms with E-state index in [-0.39, 0.29) is 11.1 Å². The first-order valence-corrected chi connectivity index (χ1v) is 12.3. The van der Waals surface area contributed by atoms with Crippen molar-refractivity contribution < 1.29 is 9.30 Å². The van der Waals surface area contributed by atoms with E-state index in [1.165, 1.54) is 37.7 Å². The number of benzene rings is 1. The lowest BCUT2D eigenvalue weighted by Gasteiger charge is -2.40. The smallest absolute Gasteiger partial charge is 0.274 e. The van der Waals surface area contributed by atoms with E-state index in [1.807, 2.05) is 11.3 Å². The standard InChI is InChI=1S/C27H32NOS/c1-5-26(3)27(4,6-2)29-23-17-16-20(19-12-8-7-9-13-19)18-21(23)25-28(26)22-14-10-11-15-24(22)30-25/h7-8,10-12,14-15,18H,5-6,9,13,16-17H2,1-4H3/q+1. The van der Waals surface area contributed by atoms with Crippen LogP contribution in [0.25, 0.3) is 15.8 Å². The van der Waals surface area contributed by atoms with Crippen molar-refractivity contribution in [2.75, 3.05) is 0 Å². The molecular weight excluding hydrogens is 386 g/mol. The van der Waals surface area contributed by atoms with Gasteiger partial charge in [-0.1, -0.05) is 55.5 Å². The molecule has 3 aliphatic rings. The Kier molecular flexibility index (Phi) is 4.77. The van der Waals surface area contributed by atoms with Crippen LogP contribution in [0, 0.1) is 0 Å². The zero-order valence-electron chi connectivity index (χ0n) is 18.6. The van der Waals surface area contributed by atoms with E-state index < -0.39 is 0 Å². The average molecular weight is 419 g/mol. The summed E-state index contributed by atoms with van der Waals surface area (Å²) in [6.07, 6.45) is 15.6. The Bertz CT molecular complexity index is 1130. The maximum absolute atomic E-state index is 6.97. The molecule has 0 bridgehead atoms. The Morgan fingerprint density at radius 2 is 1.87 bits per heavy atom. The van der Waals surface area contributed by atoms with Crippen LogP contribution in [-0.2, 0) is 10.3 Å². The fourth-order valence-electron chi connectivity index (χ4n) is 5.38. The number of hydrogen-bond donors (Lipinski definition) is 0. The van der Waals surface area contributed by atoms with E-state index in [4.69, 9.17) is 4.74 Å². The van der Waals surface area contributed by atoms with Crippen LogP contribution < -0.4 is 4.57 Å². The third-order valence-electron chi connectivity index (χ3n) is 7.76. The Hall–Kier alpha value is -2.13. The van der Waals surface area contributed by atoms with E-state index in [1.54, 1.807) is 0 Å². The highest BCUT2D eigenvalue weighted by atomic mass is 32.1. The van der Waals surface area contributed by atoms with Gasteiger partial charge in [-0.2, -0.15) is 4.57 Å². The van der Waals surface area contributed by atoms with Crippen molar-refractivity contribution in [3.05, 3.63) is 70.5 Å². The van der Waals surface area contributed by atoms with Crippen molar-refractivity contribution >= 4 is 27.1 Å². The van der Waals surface area contributed by atoms with Crippen molar-refractivity contribution in [2.24, 2.45) is 0 Å². The normalized spacial score (nSPS) is 28.4. The van der Waals surface area contributed by atoms with E-state index in [0.717, 1.165) is 38.5 Å². The molecule has 30 heavy (non-hydrogen) atoms. The molecule has 5 rings (SSSR count). The minimum absolute atomic E-state index is 0.116. The molecule has 0 radical (unpaired) electrons. The van der Waals surface area contributed by atoms with Crippen LogP contribution in [0.3, 0.4) is 0 Å². The molecule has 2 aliphatic carbocycles. The zero-order chi connectivity index (χ0) is 20.9. The molecule has 3 heteroatoms. The number of ether oxygens (including phenoxy) is 1. The summed E-state index contributed by atoms with van der Waals surface area (Å²) >= 11 is 1.92. The molecule has 2 nitrogen and oxygen atoms in total. The van der Waals surface area contributed by atoms with E-state index in [9.17, 15) is 0 Å². The molecular formula is C27H32NOS+. The Morgan fingerprint density at radius 1 is 1.03 bits per heavy atom. The molecule has 2 aromatic rings. The number of rotatable bonds is 3. The summed E-state index contributed by atoms with van der Waals surface area (Å²) < 4.78 is 11.0. The molecule has 0 fully saturated rings. The van der Waals surface area contributed by atoms with Gasteiger partial charge in [0.2, 0.25) is 11.1 Å². The largest absolute Gasteiger partial charge is 0.484 e. The van der Waals surface area contributed by atoms with Gasteiger partial charge < -0.3 is 4.74 Å². The summed E-state index contributed by atoms with van der Waals surface area (Å²) in [7, 11) is 0. The fourth-order valence-corrected chi connectivity index (χ4v) is 6.67. The van der Waals surface area contributed by atoms with Crippen molar-refractivity contribution in [2.45, 2.75) is 77.4 Å². The lowest BCUT2D eigenvalue weighted by Crippen LogP contribution is -2.66. The van der Waals surface area contributed by atoms with Gasteiger partial charge in [0.15, 0.2) is 5.60 Å². The molecule has 1 aromatic carbocycles. The first-order chi connectivity index (χ1) is 14.5. The summed E-state index contributed by atoms with van der Waals surface area (Å²) in [5.41, 5.74) is 5.26. The van der Waals surface area contributed by atoms with Gasteiger partial charge in [0, 0.05) is 25.8 Å². The molecule has 0 saturated carbocycles. The lowest BCUT2D eigenvalue weighted by atomic mass is 9.77. The summed E-state index contributed by atoms with van der Waals surface area (Å²) in [6.45, 7) is 9.31. The highest BCUT2D eigenvalue weighted by molar-refractivity contribution is 7.19. The van der Waals surface area contributed by atoms with Gasteiger partial charge >= 0.3 is 0 Å². The predicted molar refractivity (Wildman–Crippen MR) is 126 cm³/mol. The van der Waals surface area contributed by atoms with Crippen LogP contribution in [0.1, 0.15) is 71.2 Å². The Labute approximate surface area is 184 Å². The fraction of sp³-hybridized carbons (Fsp3) is 0.444. The van der Waals surface area contributed by atoms with Crippen molar-refractivity contribution in [3.8, 4) is 0 Å². The van der Waals surface area contributed by atoms with E-state index >= 15 is 0 Å². The van der Waals surface area contributed by atoms with E-state index in [0.29, 0.717) is 0 Å². The molecule has 2 unspecified atom stereocenters. The second kappa shape index (κ2) is 7.23. The van der Waals surface area contributed by atoms with Crippen molar-refractivity contribution in [3.63, 3.8) is 0 Å². The topological polar surface area (TPSA) is 13.1 Å². The Morgan fingerprint density at radius 3 is 2.60 bits per heavy atom. The number of aromatic nitrogens is 1. The average Bonchev–Trinajstić information content (AvgIpc) is 3.16. The van der Waals surface area contributed by atoms with Gasteiger partial charge in [0.1, 0.15) is 10.5 Å². The quantitative estimate of drug-likeness (QED) is 0.480. The monoisotopic (exact) mass is 418 g/mol. The number of thiazole rings is 1. The maximum atomic E-state index is 6.97. The minimum atomic E-state index is -0.250. The van der Waals surface area contributed by atoms with Crippen LogP contribution in [-0.4, -0.2) is 5.60 Å². The highest BCUT2D eigenvalue weighted by Crippen LogP contribution is 2.47. The summed E-state index contributed by atoms with van der Waals surface area (Å²) in [5.74, 6) is 1.19. The zero-order valence-corrected chi connectivity index (χ0v) is 19.4. The second-order valence-electron chi connectivity index (χ2n) is 9.19. The van der Waals surface area contributed by atoms with E-state index in [2.05, 4.69) is 80.8 Å². The van der Waals surface area contributed by atoms with Gasteiger partial charge in [0.05, 0.1) is 5.57 Å². The molecule has 0 spiro atoms. The van der Waals surface area contributed by atoms with Crippen molar-refractivity contribution in [1.82, 2.24) is 0 Å². The molecule has 1 aromatic heterocycles. The maximum Gasteiger partial charge on any atom is 0.274 e. The first kappa shape index (κ1) is 19.8. The van der Waals surface area contributed by atoms with Crippen LogP contribution in [0.4, 0.5) is 0 Å². The number of nitrogens with zero attached hydrogens (tertiary/aromatic N) is 1. The van der Waals surface area contributed by atoms with Crippen LogP contribution in [0.15, 0.2) is 65.5 Å². The van der Waals surface area contributed by atoms with Crippen LogP contribution >= 0.6 is 11.3 Å². The molecule has 156 valence electrons. The Balaban J connectivity index is 1.79.